The van der Waals surface area contributed by atoms with E-state index >= 15 is 0 Å². The number of hydrogen-bond acceptors (Lipinski definition) is 6. The van der Waals surface area contributed by atoms with Gasteiger partial charge in [0.05, 0.1) is 26.9 Å². The van der Waals surface area contributed by atoms with Gasteiger partial charge in [0, 0.05) is 17.5 Å². The first-order chi connectivity index (χ1) is 17.7. The lowest BCUT2D eigenvalue weighted by atomic mass is 9.85. The number of nitrogens with one attached hydrogen (secondary N) is 1. The van der Waals surface area contributed by atoms with Crippen LogP contribution >= 0.6 is 23.5 Å². The smallest absolute Gasteiger partial charge is 0.163 e. The number of nitrogens with zero attached hydrogens (tertiary/aromatic N) is 1. The van der Waals surface area contributed by atoms with Crippen LogP contribution in [0, 0.1) is 0 Å². The van der Waals surface area contributed by atoms with Gasteiger partial charge in [0.1, 0.15) is 15.8 Å². The Labute approximate surface area is 228 Å². The van der Waals surface area contributed by atoms with Crippen LogP contribution in [-0.2, 0) is 10.1 Å². The topological polar surface area (TPSA) is 64.9 Å². The van der Waals surface area contributed by atoms with E-state index in [1.807, 2.05) is 36.0 Å². The Kier molecular flexibility index (Phi) is 7.49. The summed E-state index contributed by atoms with van der Waals surface area (Å²) in [4.78, 5) is 6.12. The van der Waals surface area contributed by atoms with E-state index in [9.17, 15) is 13.0 Å². The summed E-state index contributed by atoms with van der Waals surface area (Å²) in [7, 11) is -4.50. The molecule has 1 N–H and O–H groups in total. The van der Waals surface area contributed by atoms with Gasteiger partial charge < -0.3 is 9.45 Å². The Morgan fingerprint density at radius 1 is 1.08 bits per heavy atom. The molecule has 0 spiro atoms. The fourth-order valence-corrected chi connectivity index (χ4v) is 8.46. The SMILES string of the molecule is CCN1/C(=C/C=C2C=C(/C=C/C3Sc4ccccc4[NH+]3CC)CC(C)(S(=O)(=O)[O-])C/2)Sc2ccccc21. The number of anilines is 1. The number of benzene rings is 2. The minimum atomic E-state index is -4.50. The Morgan fingerprint density at radius 2 is 1.81 bits per heavy atom. The molecule has 2 aliphatic heterocycles. The molecular formula is C29H32N2O3S3. The fourth-order valence-electron chi connectivity index (χ4n) is 5.29. The molecule has 2 heterocycles. The molecule has 0 aromatic heterocycles. The molecule has 3 aliphatic rings. The summed E-state index contributed by atoms with van der Waals surface area (Å²) in [5.41, 5.74) is 4.22. The fraction of sp³-hybridized carbons (Fsp3) is 0.310. The monoisotopic (exact) mass is 552 g/mol. The molecule has 0 saturated heterocycles. The molecule has 2 aromatic rings. The molecule has 0 saturated carbocycles. The maximum Gasteiger partial charge on any atom is 0.163 e. The van der Waals surface area contributed by atoms with Crippen LogP contribution in [0.2, 0.25) is 0 Å². The van der Waals surface area contributed by atoms with Crippen LogP contribution in [0.25, 0.3) is 0 Å². The van der Waals surface area contributed by atoms with E-state index in [1.54, 1.807) is 18.7 Å². The van der Waals surface area contributed by atoms with Crippen LogP contribution in [0.1, 0.15) is 33.6 Å². The third kappa shape index (κ3) is 5.22. The zero-order valence-corrected chi connectivity index (χ0v) is 23.8. The average Bonchev–Trinajstić information content (AvgIpc) is 3.42. The molecule has 0 radical (unpaired) electrons. The summed E-state index contributed by atoms with van der Waals surface area (Å²) in [6, 6.07) is 16.8. The van der Waals surface area contributed by atoms with Gasteiger partial charge in [-0.3, -0.25) is 4.90 Å². The number of fused-ring (bicyclic) bond motifs is 2. The highest BCUT2D eigenvalue weighted by atomic mass is 32.2. The maximum atomic E-state index is 12.3. The highest BCUT2D eigenvalue weighted by Gasteiger charge is 2.37. The normalized spacial score (nSPS) is 27.7. The van der Waals surface area contributed by atoms with Crippen molar-refractivity contribution in [1.29, 1.82) is 0 Å². The Hall–Kier alpha value is -2.23. The minimum Gasteiger partial charge on any atom is -0.748 e. The van der Waals surface area contributed by atoms with Crippen molar-refractivity contribution in [3.05, 3.63) is 95.1 Å². The number of hydrogen-bond donors (Lipinski definition) is 1. The van der Waals surface area contributed by atoms with Crippen molar-refractivity contribution in [2.24, 2.45) is 0 Å². The second-order valence-corrected chi connectivity index (χ2v) is 13.9. The standard InChI is InChI=1S/C29H32N2O3S3/c1-4-30-23-10-6-8-12-25(23)35-27(30)16-14-21-18-22(20-29(3,19-21)37(32,33)34)15-17-28-31(5-2)24-11-7-9-13-26(24)36-28/h6-18,27H,4-5,19-20H2,1-3H3,(H,32,33,34)/b16-14+,22-15-,28-17-. The molecule has 5 nitrogen and oxygen atoms in total. The summed E-state index contributed by atoms with van der Waals surface area (Å²) in [6.07, 6.45) is 10.7. The van der Waals surface area contributed by atoms with Gasteiger partial charge in [0.2, 0.25) is 0 Å². The van der Waals surface area contributed by atoms with Crippen LogP contribution in [0.5, 0.6) is 0 Å². The Balaban J connectivity index is 1.44. The number of rotatable bonds is 6. The van der Waals surface area contributed by atoms with Gasteiger partial charge in [-0.2, -0.15) is 0 Å². The molecule has 0 fully saturated rings. The third-order valence-corrected chi connectivity index (χ3v) is 11.2. The molecule has 0 bridgehead atoms. The van der Waals surface area contributed by atoms with Gasteiger partial charge in [-0.25, -0.2) is 8.42 Å². The van der Waals surface area contributed by atoms with Crippen LogP contribution in [0.3, 0.4) is 0 Å². The van der Waals surface area contributed by atoms with Gasteiger partial charge in [0.15, 0.2) is 5.37 Å². The Bertz CT molecular complexity index is 1430. The summed E-state index contributed by atoms with van der Waals surface area (Å²) >= 11 is 3.53. The van der Waals surface area contributed by atoms with Crippen LogP contribution in [0.15, 0.2) is 105 Å². The van der Waals surface area contributed by atoms with Gasteiger partial charge >= 0.3 is 0 Å². The van der Waals surface area contributed by atoms with Crippen LogP contribution < -0.4 is 9.80 Å². The summed E-state index contributed by atoms with van der Waals surface area (Å²) in [5.74, 6) is 0. The van der Waals surface area contributed by atoms with E-state index in [0.717, 1.165) is 29.3 Å². The summed E-state index contributed by atoms with van der Waals surface area (Å²) in [5, 5.41) is 1.31. The lowest BCUT2D eigenvalue weighted by Gasteiger charge is -2.36. The summed E-state index contributed by atoms with van der Waals surface area (Å²) < 4.78 is 35.7. The van der Waals surface area contributed by atoms with E-state index in [4.69, 9.17) is 0 Å². The molecule has 8 heteroatoms. The number of thioether (sulfide) groups is 2. The largest absolute Gasteiger partial charge is 0.748 e. The van der Waals surface area contributed by atoms with Gasteiger partial charge in [-0.15, -0.1) is 0 Å². The molecular weight excluding hydrogens is 521 g/mol. The molecule has 3 atom stereocenters. The molecule has 0 amide bonds. The number of para-hydroxylation sites is 2. The van der Waals surface area contributed by atoms with Gasteiger partial charge in [-0.1, -0.05) is 66.0 Å². The highest BCUT2D eigenvalue weighted by molar-refractivity contribution is 8.03. The second kappa shape index (κ2) is 10.5. The van der Waals surface area contributed by atoms with E-state index in [-0.39, 0.29) is 18.2 Å². The van der Waals surface area contributed by atoms with Crippen molar-refractivity contribution in [2.75, 3.05) is 18.0 Å². The number of quaternary nitrogens is 1. The van der Waals surface area contributed by atoms with Crippen molar-refractivity contribution in [3.8, 4) is 0 Å². The highest BCUT2D eigenvalue weighted by Crippen LogP contribution is 2.46. The van der Waals surface area contributed by atoms with Crippen molar-refractivity contribution < 1.29 is 17.9 Å². The second-order valence-electron chi connectivity index (χ2n) is 9.81. The molecule has 2 aromatic carbocycles. The zero-order valence-electron chi connectivity index (χ0n) is 21.3. The molecule has 3 unspecified atom stereocenters. The average molecular weight is 553 g/mol. The van der Waals surface area contributed by atoms with Crippen molar-refractivity contribution in [1.82, 2.24) is 0 Å². The molecule has 1 aliphatic carbocycles. The van der Waals surface area contributed by atoms with E-state index < -0.39 is 14.9 Å². The first-order valence-electron chi connectivity index (χ1n) is 12.6. The minimum absolute atomic E-state index is 0.208. The van der Waals surface area contributed by atoms with Crippen LogP contribution in [-0.4, -0.2) is 36.2 Å². The zero-order chi connectivity index (χ0) is 26.2. The van der Waals surface area contributed by atoms with Gasteiger partial charge in [0.25, 0.3) is 0 Å². The van der Waals surface area contributed by atoms with Crippen molar-refractivity contribution >= 4 is 45.0 Å². The number of likely N-dealkylation sites (N-methyl/N-ethyl adjacent to an activating group) is 1. The van der Waals surface area contributed by atoms with E-state index in [2.05, 4.69) is 73.4 Å². The molecule has 194 valence electrons. The van der Waals surface area contributed by atoms with Gasteiger partial charge in [-0.05, 0) is 75.1 Å². The van der Waals surface area contributed by atoms with Crippen molar-refractivity contribution in [3.63, 3.8) is 0 Å². The van der Waals surface area contributed by atoms with E-state index in [0.29, 0.717) is 0 Å². The maximum absolute atomic E-state index is 12.3. The molecule has 37 heavy (non-hydrogen) atoms. The lowest BCUT2D eigenvalue weighted by molar-refractivity contribution is -0.833. The van der Waals surface area contributed by atoms with E-state index in [1.165, 1.54) is 26.1 Å². The predicted molar refractivity (Wildman–Crippen MR) is 153 cm³/mol. The lowest BCUT2D eigenvalue weighted by Crippen LogP contribution is -3.08. The van der Waals surface area contributed by atoms with Crippen molar-refractivity contribution in [2.45, 2.75) is 53.5 Å². The first kappa shape index (κ1) is 26.4. The number of allylic oxidation sites excluding steroid dienone is 6. The first-order valence-corrected chi connectivity index (χ1v) is 15.7. The third-order valence-electron chi connectivity index (χ3n) is 7.22. The quantitative estimate of drug-likeness (QED) is 0.469. The van der Waals surface area contributed by atoms with Crippen LogP contribution in [0.4, 0.5) is 11.4 Å². The molecule has 5 rings (SSSR count). The Morgan fingerprint density at radius 3 is 2.54 bits per heavy atom. The summed E-state index contributed by atoms with van der Waals surface area (Å²) in [6.45, 7) is 7.67. The predicted octanol–water partition coefficient (Wildman–Crippen LogP) is 5.64.